The molecule has 2 aromatic heterocycles. The van der Waals surface area contributed by atoms with Crippen molar-refractivity contribution in [2.24, 2.45) is 0 Å². The van der Waals surface area contributed by atoms with Crippen LogP contribution in [-0.2, 0) is 16.5 Å². The fourth-order valence-electron chi connectivity index (χ4n) is 4.00. The SMILES string of the molecule is Cc1cnc2c(C(=O)N[C@]3(c4ccc(C(F)(F)F)cc4F)CCOC[C@]3(C)O)cnn2c1. The predicted octanol–water partition coefficient (Wildman–Crippen LogP) is 2.99. The zero-order chi connectivity index (χ0) is 23.3. The molecule has 3 aromatic rings. The number of hydrogen-bond acceptors (Lipinski definition) is 5. The lowest BCUT2D eigenvalue weighted by Gasteiger charge is -2.49. The highest BCUT2D eigenvalue weighted by atomic mass is 19.4. The highest BCUT2D eigenvalue weighted by Gasteiger charge is 2.53. The van der Waals surface area contributed by atoms with E-state index in [2.05, 4.69) is 15.4 Å². The molecule has 1 aromatic carbocycles. The largest absolute Gasteiger partial charge is 0.416 e. The summed E-state index contributed by atoms with van der Waals surface area (Å²) >= 11 is 0. The first-order chi connectivity index (χ1) is 14.9. The number of rotatable bonds is 3. The van der Waals surface area contributed by atoms with Crippen LogP contribution in [0.2, 0.25) is 0 Å². The van der Waals surface area contributed by atoms with E-state index < -0.39 is 34.6 Å². The Labute approximate surface area is 180 Å². The molecular formula is C21H20F4N4O3. The number of ether oxygens (including phenoxy) is 1. The van der Waals surface area contributed by atoms with Gasteiger partial charge in [0.15, 0.2) is 5.65 Å². The fourth-order valence-corrected chi connectivity index (χ4v) is 4.00. The Hall–Kier alpha value is -3.05. The smallest absolute Gasteiger partial charge is 0.385 e. The quantitative estimate of drug-likeness (QED) is 0.597. The third-order valence-electron chi connectivity index (χ3n) is 5.74. The van der Waals surface area contributed by atoms with Gasteiger partial charge in [0, 0.05) is 31.0 Å². The van der Waals surface area contributed by atoms with Crippen LogP contribution in [0, 0.1) is 12.7 Å². The molecule has 32 heavy (non-hydrogen) atoms. The summed E-state index contributed by atoms with van der Waals surface area (Å²) in [7, 11) is 0. The van der Waals surface area contributed by atoms with Gasteiger partial charge in [0.1, 0.15) is 22.5 Å². The lowest BCUT2D eigenvalue weighted by Crippen LogP contribution is -2.65. The molecular weight excluding hydrogens is 432 g/mol. The second-order valence-corrected chi connectivity index (χ2v) is 8.09. The van der Waals surface area contributed by atoms with Crippen molar-refractivity contribution in [2.75, 3.05) is 13.2 Å². The monoisotopic (exact) mass is 452 g/mol. The second kappa shape index (κ2) is 7.52. The summed E-state index contributed by atoms with van der Waals surface area (Å²) in [5.41, 5.74) is -3.91. The lowest BCUT2D eigenvalue weighted by molar-refractivity contribution is -0.140. The third-order valence-corrected chi connectivity index (χ3v) is 5.74. The molecule has 1 fully saturated rings. The fraction of sp³-hybridized carbons (Fsp3) is 0.381. The summed E-state index contributed by atoms with van der Waals surface area (Å²) in [4.78, 5) is 17.4. The number of carbonyl (C=O) groups excluding carboxylic acids is 1. The van der Waals surface area contributed by atoms with E-state index in [0.717, 1.165) is 17.7 Å². The molecule has 0 aliphatic carbocycles. The van der Waals surface area contributed by atoms with E-state index in [4.69, 9.17) is 4.74 Å². The van der Waals surface area contributed by atoms with Crippen LogP contribution < -0.4 is 5.32 Å². The number of benzene rings is 1. The van der Waals surface area contributed by atoms with Crippen LogP contribution in [0.5, 0.6) is 0 Å². The van der Waals surface area contributed by atoms with Crippen LogP contribution in [0.15, 0.2) is 36.8 Å². The van der Waals surface area contributed by atoms with Gasteiger partial charge in [-0.2, -0.15) is 18.3 Å². The number of halogens is 4. The number of alkyl halides is 3. The number of aryl methyl sites for hydroxylation is 1. The third kappa shape index (κ3) is 3.61. The minimum absolute atomic E-state index is 0.0447. The van der Waals surface area contributed by atoms with E-state index in [-0.39, 0.29) is 36.4 Å². The Balaban J connectivity index is 1.80. The molecule has 3 heterocycles. The minimum Gasteiger partial charge on any atom is -0.385 e. The first-order valence-corrected chi connectivity index (χ1v) is 9.74. The number of amides is 1. The maximum Gasteiger partial charge on any atom is 0.416 e. The molecule has 0 unspecified atom stereocenters. The number of aromatic nitrogens is 3. The van der Waals surface area contributed by atoms with Crippen molar-refractivity contribution >= 4 is 11.6 Å². The van der Waals surface area contributed by atoms with Crippen molar-refractivity contribution in [1.82, 2.24) is 19.9 Å². The molecule has 2 atom stereocenters. The summed E-state index contributed by atoms with van der Waals surface area (Å²) in [6.45, 7) is 2.92. The van der Waals surface area contributed by atoms with Crippen molar-refractivity contribution in [3.63, 3.8) is 0 Å². The van der Waals surface area contributed by atoms with Crippen LogP contribution in [0.1, 0.15) is 40.4 Å². The van der Waals surface area contributed by atoms with Crippen LogP contribution in [0.25, 0.3) is 5.65 Å². The van der Waals surface area contributed by atoms with Gasteiger partial charge in [-0.15, -0.1) is 0 Å². The molecule has 0 spiro atoms. The summed E-state index contributed by atoms with van der Waals surface area (Å²) in [5.74, 6) is -1.91. The summed E-state index contributed by atoms with van der Waals surface area (Å²) in [6.07, 6.45) is -0.324. The van der Waals surface area contributed by atoms with E-state index >= 15 is 4.39 Å². The van der Waals surface area contributed by atoms with E-state index in [1.54, 1.807) is 19.3 Å². The van der Waals surface area contributed by atoms with Crippen LogP contribution in [-0.4, -0.2) is 44.4 Å². The number of aliphatic hydroxyl groups is 1. The second-order valence-electron chi connectivity index (χ2n) is 8.09. The Bertz CT molecular complexity index is 1190. The van der Waals surface area contributed by atoms with E-state index in [1.807, 2.05) is 0 Å². The topological polar surface area (TPSA) is 88.8 Å². The Morgan fingerprint density at radius 2 is 2.06 bits per heavy atom. The van der Waals surface area contributed by atoms with Crippen molar-refractivity contribution < 1.29 is 32.2 Å². The number of nitrogens with zero attached hydrogens (tertiary/aromatic N) is 3. The Morgan fingerprint density at radius 3 is 2.72 bits per heavy atom. The zero-order valence-electron chi connectivity index (χ0n) is 17.2. The normalized spacial score (nSPS) is 24.0. The summed E-state index contributed by atoms with van der Waals surface area (Å²) in [6, 6.07) is 2.02. The van der Waals surface area contributed by atoms with E-state index in [1.165, 1.54) is 17.6 Å². The molecule has 1 aliphatic heterocycles. The highest BCUT2D eigenvalue weighted by Crippen LogP contribution is 2.42. The molecule has 1 amide bonds. The molecule has 11 heteroatoms. The van der Waals surface area contributed by atoms with Gasteiger partial charge >= 0.3 is 6.18 Å². The maximum absolute atomic E-state index is 15.0. The molecule has 2 N–H and O–H groups in total. The van der Waals surface area contributed by atoms with Gasteiger partial charge < -0.3 is 15.2 Å². The zero-order valence-corrected chi connectivity index (χ0v) is 17.2. The van der Waals surface area contributed by atoms with Crippen molar-refractivity contribution in [1.29, 1.82) is 0 Å². The molecule has 1 saturated heterocycles. The molecule has 1 aliphatic rings. The van der Waals surface area contributed by atoms with E-state index in [0.29, 0.717) is 6.07 Å². The van der Waals surface area contributed by atoms with Crippen LogP contribution >= 0.6 is 0 Å². The number of carbonyl (C=O) groups is 1. The van der Waals surface area contributed by atoms with Gasteiger partial charge in [-0.25, -0.2) is 13.9 Å². The average Bonchev–Trinajstić information content (AvgIpc) is 3.12. The van der Waals surface area contributed by atoms with Gasteiger partial charge in [0.25, 0.3) is 5.91 Å². The Morgan fingerprint density at radius 1 is 1.31 bits per heavy atom. The molecule has 7 nitrogen and oxygen atoms in total. The first-order valence-electron chi connectivity index (χ1n) is 9.74. The van der Waals surface area contributed by atoms with Gasteiger partial charge in [-0.05, 0) is 31.5 Å². The molecule has 0 saturated carbocycles. The molecule has 0 radical (unpaired) electrons. The van der Waals surface area contributed by atoms with Crippen LogP contribution in [0.4, 0.5) is 17.6 Å². The van der Waals surface area contributed by atoms with Gasteiger partial charge in [-0.3, -0.25) is 4.79 Å². The Kier molecular flexibility index (Phi) is 5.21. The van der Waals surface area contributed by atoms with Crippen LogP contribution in [0.3, 0.4) is 0 Å². The van der Waals surface area contributed by atoms with Gasteiger partial charge in [-0.1, -0.05) is 6.07 Å². The standard InChI is InChI=1S/C21H20F4N4O3/c1-12-8-26-17-14(9-27-29(17)10-12)18(30)28-20(5-6-32-11-19(20,2)31)15-4-3-13(7-16(15)22)21(23,24)25/h3-4,7-10,31H,5-6,11H2,1-2H3,(H,28,30)/t19-,20-/m0/s1. The van der Waals surface area contributed by atoms with Crippen molar-refractivity contribution in [2.45, 2.75) is 37.6 Å². The summed E-state index contributed by atoms with van der Waals surface area (Å²) in [5, 5.41) is 17.9. The molecule has 0 bridgehead atoms. The number of hydrogen-bond donors (Lipinski definition) is 2. The molecule has 170 valence electrons. The molecule has 4 rings (SSSR count). The summed E-state index contributed by atoms with van der Waals surface area (Å²) < 4.78 is 60.8. The predicted molar refractivity (Wildman–Crippen MR) is 104 cm³/mol. The number of nitrogens with one attached hydrogen (secondary N) is 1. The van der Waals surface area contributed by atoms with E-state index in [9.17, 15) is 23.1 Å². The highest BCUT2D eigenvalue weighted by molar-refractivity contribution is 6.00. The van der Waals surface area contributed by atoms with Gasteiger partial charge in [0.05, 0.1) is 18.4 Å². The lowest BCUT2D eigenvalue weighted by atomic mass is 9.71. The minimum atomic E-state index is -4.74. The average molecular weight is 452 g/mol. The first kappa shape index (κ1) is 22.2. The number of fused-ring (bicyclic) bond motifs is 1. The maximum atomic E-state index is 15.0. The van der Waals surface area contributed by atoms with Crippen molar-refractivity contribution in [3.8, 4) is 0 Å². The van der Waals surface area contributed by atoms with Gasteiger partial charge in [0.2, 0.25) is 0 Å². The van der Waals surface area contributed by atoms with Crippen molar-refractivity contribution in [3.05, 3.63) is 64.9 Å².